The Balaban J connectivity index is 1.82. The number of aliphatic hydroxyl groups is 3. The van der Waals surface area contributed by atoms with Crippen molar-refractivity contribution in [2.45, 2.75) is 63.3 Å². The first-order chi connectivity index (χ1) is 13.5. The fraction of sp³-hybridized carbons (Fsp3) is 0.522. The quantitative estimate of drug-likeness (QED) is 0.345. The first-order valence-electron chi connectivity index (χ1n) is 10.1. The lowest BCUT2D eigenvalue weighted by molar-refractivity contribution is -0.137. The second-order valence-corrected chi connectivity index (χ2v) is 7.58. The lowest BCUT2D eigenvalue weighted by Crippen LogP contribution is -2.20. The van der Waals surface area contributed by atoms with Crippen LogP contribution in [0.1, 0.15) is 44.1 Å². The van der Waals surface area contributed by atoms with E-state index in [1.54, 1.807) is 6.08 Å². The predicted octanol–water partition coefficient (Wildman–Crippen LogP) is 3.10. The molecule has 0 radical (unpaired) electrons. The normalized spacial score (nSPS) is 26.2. The summed E-state index contributed by atoms with van der Waals surface area (Å²) in [5, 5.41) is 39.4. The third-order valence-electron chi connectivity index (χ3n) is 5.38. The van der Waals surface area contributed by atoms with Crippen molar-refractivity contribution in [2.24, 2.45) is 11.8 Å². The van der Waals surface area contributed by atoms with E-state index in [2.05, 4.69) is 0 Å². The molecular weight excluding hydrogens is 356 g/mol. The molecule has 0 spiro atoms. The molecule has 5 nitrogen and oxygen atoms in total. The Kier molecular flexibility index (Phi) is 9.41. The van der Waals surface area contributed by atoms with Gasteiger partial charge in [-0.05, 0) is 43.6 Å². The van der Waals surface area contributed by atoms with Gasteiger partial charge in [-0.3, -0.25) is 4.79 Å². The fourth-order valence-electron chi connectivity index (χ4n) is 3.76. The number of benzene rings is 1. The van der Waals surface area contributed by atoms with Crippen LogP contribution in [0.25, 0.3) is 0 Å². The standard InChI is InChI=1S/C23H32O5/c24-18(13-12-17-8-4-3-5-9-17)14-15-20-19(21(25)16-22(20)26)10-6-1-2-7-11-23(27)28/h1,3-6,8-9,14-15,18-22,24-26H,2,7,10-13,16H2,(H,27,28)/b6-1-,15-14+/t18-,19-,20+,21+,22-/m0/s1. The molecule has 28 heavy (non-hydrogen) atoms. The van der Waals surface area contributed by atoms with Gasteiger partial charge in [0.05, 0.1) is 18.3 Å². The Morgan fingerprint density at radius 1 is 1.14 bits per heavy atom. The summed E-state index contributed by atoms with van der Waals surface area (Å²) >= 11 is 0. The molecule has 0 bridgehead atoms. The molecule has 1 fully saturated rings. The summed E-state index contributed by atoms with van der Waals surface area (Å²) in [5.41, 5.74) is 1.18. The number of aliphatic hydroxyl groups excluding tert-OH is 3. The molecule has 1 aromatic rings. The van der Waals surface area contributed by atoms with Crippen LogP contribution in [-0.2, 0) is 11.2 Å². The molecule has 0 unspecified atom stereocenters. The second-order valence-electron chi connectivity index (χ2n) is 7.58. The number of hydrogen-bond acceptors (Lipinski definition) is 4. The van der Waals surface area contributed by atoms with E-state index in [1.807, 2.05) is 48.6 Å². The molecule has 5 atom stereocenters. The number of aryl methyl sites for hydroxylation is 1. The van der Waals surface area contributed by atoms with Crippen molar-refractivity contribution in [1.82, 2.24) is 0 Å². The molecule has 5 heteroatoms. The molecule has 1 aliphatic carbocycles. The summed E-state index contributed by atoms with van der Waals surface area (Å²) in [5.74, 6) is -1.08. The monoisotopic (exact) mass is 388 g/mol. The molecular formula is C23H32O5. The van der Waals surface area contributed by atoms with Gasteiger partial charge in [0.15, 0.2) is 0 Å². The summed E-state index contributed by atoms with van der Waals surface area (Å²) in [6.45, 7) is 0. The molecule has 154 valence electrons. The summed E-state index contributed by atoms with van der Waals surface area (Å²) < 4.78 is 0. The lowest BCUT2D eigenvalue weighted by Gasteiger charge is -2.19. The highest BCUT2D eigenvalue weighted by atomic mass is 16.4. The Labute approximate surface area is 167 Å². The van der Waals surface area contributed by atoms with E-state index in [1.165, 1.54) is 5.56 Å². The Morgan fingerprint density at radius 2 is 1.89 bits per heavy atom. The van der Waals surface area contributed by atoms with Crippen LogP contribution in [0.2, 0.25) is 0 Å². The first kappa shape index (κ1) is 22.3. The predicted molar refractivity (Wildman–Crippen MR) is 109 cm³/mol. The van der Waals surface area contributed by atoms with E-state index in [9.17, 15) is 20.1 Å². The van der Waals surface area contributed by atoms with E-state index in [4.69, 9.17) is 5.11 Å². The number of aliphatic carboxylic acids is 1. The Morgan fingerprint density at radius 3 is 2.61 bits per heavy atom. The maximum Gasteiger partial charge on any atom is 0.303 e. The third kappa shape index (κ3) is 7.58. The zero-order valence-corrected chi connectivity index (χ0v) is 16.2. The van der Waals surface area contributed by atoms with Crippen LogP contribution in [0, 0.1) is 11.8 Å². The highest BCUT2D eigenvalue weighted by molar-refractivity contribution is 5.66. The number of hydrogen-bond donors (Lipinski definition) is 4. The number of carboxylic acids is 1. The van der Waals surface area contributed by atoms with Gasteiger partial charge in [0, 0.05) is 18.8 Å². The van der Waals surface area contributed by atoms with Crippen molar-refractivity contribution in [3.8, 4) is 0 Å². The van der Waals surface area contributed by atoms with Crippen LogP contribution < -0.4 is 0 Å². The number of allylic oxidation sites excluding steroid dienone is 2. The minimum absolute atomic E-state index is 0.0942. The lowest BCUT2D eigenvalue weighted by atomic mass is 9.89. The first-order valence-corrected chi connectivity index (χ1v) is 10.1. The Bertz CT molecular complexity index is 640. The SMILES string of the molecule is O=C(O)CCC/C=C\C[C@H]1[C@@H](/C=C/[C@@H](O)CCc2ccccc2)[C@@H](O)C[C@H]1O. The topological polar surface area (TPSA) is 98.0 Å². The van der Waals surface area contributed by atoms with E-state index in [0.717, 1.165) is 6.42 Å². The van der Waals surface area contributed by atoms with Gasteiger partial charge in [0.1, 0.15) is 0 Å². The smallest absolute Gasteiger partial charge is 0.303 e. The zero-order chi connectivity index (χ0) is 20.4. The molecule has 0 amide bonds. The van der Waals surface area contributed by atoms with Crippen LogP contribution in [0.15, 0.2) is 54.6 Å². The van der Waals surface area contributed by atoms with Crippen molar-refractivity contribution < 1.29 is 25.2 Å². The number of carbonyl (C=O) groups is 1. The van der Waals surface area contributed by atoms with Gasteiger partial charge in [0.2, 0.25) is 0 Å². The van der Waals surface area contributed by atoms with E-state index >= 15 is 0 Å². The van der Waals surface area contributed by atoms with Gasteiger partial charge >= 0.3 is 5.97 Å². The molecule has 2 rings (SSSR count). The van der Waals surface area contributed by atoms with Crippen LogP contribution in [0.4, 0.5) is 0 Å². The maximum atomic E-state index is 10.5. The van der Waals surface area contributed by atoms with Crippen LogP contribution >= 0.6 is 0 Å². The second kappa shape index (κ2) is 11.8. The van der Waals surface area contributed by atoms with Gasteiger partial charge < -0.3 is 20.4 Å². The van der Waals surface area contributed by atoms with Crippen molar-refractivity contribution in [2.75, 3.05) is 0 Å². The molecule has 0 heterocycles. The average Bonchev–Trinajstić information content (AvgIpc) is 2.94. The average molecular weight is 389 g/mol. The van der Waals surface area contributed by atoms with Crippen LogP contribution in [-0.4, -0.2) is 44.7 Å². The summed E-state index contributed by atoms with van der Waals surface area (Å²) in [7, 11) is 0. The molecule has 0 saturated heterocycles. The van der Waals surface area contributed by atoms with E-state index in [0.29, 0.717) is 32.1 Å². The van der Waals surface area contributed by atoms with E-state index < -0.39 is 24.3 Å². The van der Waals surface area contributed by atoms with Crippen LogP contribution in [0.3, 0.4) is 0 Å². The molecule has 1 aliphatic rings. The molecule has 1 aromatic carbocycles. The maximum absolute atomic E-state index is 10.5. The largest absolute Gasteiger partial charge is 0.481 e. The van der Waals surface area contributed by atoms with Gasteiger partial charge in [0.25, 0.3) is 0 Å². The highest BCUT2D eigenvalue weighted by Gasteiger charge is 2.39. The van der Waals surface area contributed by atoms with Crippen molar-refractivity contribution in [3.05, 3.63) is 60.2 Å². The number of unbranched alkanes of at least 4 members (excludes halogenated alkanes) is 1. The van der Waals surface area contributed by atoms with Crippen molar-refractivity contribution >= 4 is 5.97 Å². The van der Waals surface area contributed by atoms with Crippen molar-refractivity contribution in [1.29, 1.82) is 0 Å². The third-order valence-corrected chi connectivity index (χ3v) is 5.38. The van der Waals surface area contributed by atoms with Gasteiger partial charge in [-0.15, -0.1) is 0 Å². The molecule has 0 aliphatic heterocycles. The minimum Gasteiger partial charge on any atom is -0.481 e. The van der Waals surface area contributed by atoms with E-state index in [-0.39, 0.29) is 18.3 Å². The van der Waals surface area contributed by atoms with Gasteiger partial charge in [-0.2, -0.15) is 0 Å². The van der Waals surface area contributed by atoms with Gasteiger partial charge in [-0.1, -0.05) is 54.6 Å². The molecule has 0 aromatic heterocycles. The summed E-state index contributed by atoms with van der Waals surface area (Å²) in [6.07, 6.45) is 9.51. The van der Waals surface area contributed by atoms with Gasteiger partial charge in [-0.25, -0.2) is 0 Å². The summed E-state index contributed by atoms with van der Waals surface area (Å²) in [6, 6.07) is 9.99. The highest BCUT2D eigenvalue weighted by Crippen LogP contribution is 2.36. The number of rotatable bonds is 11. The number of carboxylic acid groups (broad SMARTS) is 1. The Hall–Kier alpha value is -1.95. The van der Waals surface area contributed by atoms with Crippen molar-refractivity contribution in [3.63, 3.8) is 0 Å². The fourth-order valence-corrected chi connectivity index (χ4v) is 3.76. The summed E-state index contributed by atoms with van der Waals surface area (Å²) in [4.78, 5) is 10.5. The minimum atomic E-state index is -0.793. The molecule has 1 saturated carbocycles. The zero-order valence-electron chi connectivity index (χ0n) is 16.2. The molecule has 4 N–H and O–H groups in total. The van der Waals surface area contributed by atoms with Crippen LogP contribution in [0.5, 0.6) is 0 Å².